The SMILES string of the molecule is CC(C)OCC(N)C1CCC(C)(C)CC1. The lowest BCUT2D eigenvalue weighted by atomic mass is 9.71. The molecule has 15 heavy (non-hydrogen) atoms. The summed E-state index contributed by atoms with van der Waals surface area (Å²) in [5, 5.41) is 0. The van der Waals surface area contributed by atoms with Crippen molar-refractivity contribution >= 4 is 0 Å². The van der Waals surface area contributed by atoms with Crippen LogP contribution in [0.2, 0.25) is 0 Å². The van der Waals surface area contributed by atoms with Crippen molar-refractivity contribution in [3.05, 3.63) is 0 Å². The molecule has 0 aromatic carbocycles. The molecule has 0 bridgehead atoms. The molecule has 1 unspecified atom stereocenters. The molecule has 0 aromatic heterocycles. The molecule has 0 saturated heterocycles. The third-order valence-corrected chi connectivity index (χ3v) is 3.61. The first kappa shape index (κ1) is 13.0. The monoisotopic (exact) mass is 213 g/mol. The lowest BCUT2D eigenvalue weighted by molar-refractivity contribution is 0.0458. The number of nitrogens with two attached hydrogens (primary N) is 1. The van der Waals surface area contributed by atoms with Crippen molar-refractivity contribution < 1.29 is 4.74 Å². The van der Waals surface area contributed by atoms with Crippen molar-refractivity contribution in [1.82, 2.24) is 0 Å². The van der Waals surface area contributed by atoms with Gasteiger partial charge < -0.3 is 10.5 Å². The van der Waals surface area contributed by atoms with Crippen molar-refractivity contribution in [2.24, 2.45) is 17.1 Å². The van der Waals surface area contributed by atoms with E-state index in [0.717, 1.165) is 6.61 Å². The molecule has 2 N–H and O–H groups in total. The minimum Gasteiger partial charge on any atom is -0.377 e. The molecule has 0 heterocycles. The third-order valence-electron chi connectivity index (χ3n) is 3.61. The standard InChI is InChI=1S/C13H27NO/c1-10(2)15-9-12(14)11-5-7-13(3,4)8-6-11/h10-12H,5-9,14H2,1-4H3. The van der Waals surface area contributed by atoms with Gasteiger partial charge >= 0.3 is 0 Å². The zero-order chi connectivity index (χ0) is 11.5. The van der Waals surface area contributed by atoms with Crippen molar-refractivity contribution in [1.29, 1.82) is 0 Å². The van der Waals surface area contributed by atoms with Crippen LogP contribution in [0.1, 0.15) is 53.4 Å². The zero-order valence-corrected chi connectivity index (χ0v) is 10.8. The van der Waals surface area contributed by atoms with Crippen LogP contribution < -0.4 is 5.73 Å². The number of hydrogen-bond donors (Lipinski definition) is 1. The summed E-state index contributed by atoms with van der Waals surface area (Å²) in [6.45, 7) is 9.58. The highest BCUT2D eigenvalue weighted by Gasteiger charge is 2.29. The fourth-order valence-electron chi connectivity index (χ4n) is 2.29. The first-order chi connectivity index (χ1) is 6.91. The van der Waals surface area contributed by atoms with Gasteiger partial charge in [0.15, 0.2) is 0 Å². The van der Waals surface area contributed by atoms with Crippen LogP contribution in [-0.2, 0) is 4.74 Å². The Morgan fingerprint density at radius 1 is 1.27 bits per heavy atom. The predicted molar refractivity (Wildman–Crippen MR) is 64.8 cm³/mol. The highest BCUT2D eigenvalue weighted by atomic mass is 16.5. The molecule has 0 radical (unpaired) electrons. The topological polar surface area (TPSA) is 35.2 Å². The van der Waals surface area contributed by atoms with Gasteiger partial charge in [0, 0.05) is 6.04 Å². The molecule has 0 aromatic rings. The van der Waals surface area contributed by atoms with Crippen molar-refractivity contribution in [2.75, 3.05) is 6.61 Å². The Hall–Kier alpha value is -0.0800. The van der Waals surface area contributed by atoms with Gasteiger partial charge in [0.25, 0.3) is 0 Å². The van der Waals surface area contributed by atoms with Gasteiger partial charge in [-0.25, -0.2) is 0 Å². The second kappa shape index (κ2) is 5.31. The molecule has 1 saturated carbocycles. The van der Waals surface area contributed by atoms with Crippen LogP contribution in [0.4, 0.5) is 0 Å². The average molecular weight is 213 g/mol. The molecule has 1 aliphatic rings. The van der Waals surface area contributed by atoms with E-state index in [1.165, 1.54) is 25.7 Å². The lowest BCUT2D eigenvalue weighted by Gasteiger charge is -2.36. The number of ether oxygens (including phenoxy) is 1. The van der Waals surface area contributed by atoms with E-state index in [0.29, 0.717) is 17.4 Å². The molecular weight excluding hydrogens is 186 g/mol. The molecule has 2 heteroatoms. The highest BCUT2D eigenvalue weighted by molar-refractivity contribution is 4.83. The van der Waals surface area contributed by atoms with Crippen LogP contribution in [0.25, 0.3) is 0 Å². The summed E-state index contributed by atoms with van der Waals surface area (Å²) in [6, 6.07) is 0.239. The third kappa shape index (κ3) is 4.52. The second-order valence-corrected chi connectivity index (χ2v) is 6.05. The summed E-state index contributed by atoms with van der Waals surface area (Å²) in [7, 11) is 0. The van der Waals surface area contributed by atoms with Gasteiger partial charge in [0.2, 0.25) is 0 Å². The van der Waals surface area contributed by atoms with Gasteiger partial charge in [-0.3, -0.25) is 0 Å². The van der Waals surface area contributed by atoms with Gasteiger partial charge in [-0.15, -0.1) is 0 Å². The summed E-state index contributed by atoms with van der Waals surface area (Å²) in [5.41, 5.74) is 6.70. The van der Waals surface area contributed by atoms with E-state index in [9.17, 15) is 0 Å². The van der Waals surface area contributed by atoms with Crippen molar-refractivity contribution in [3.8, 4) is 0 Å². The molecule has 0 spiro atoms. The Balaban J connectivity index is 2.27. The summed E-state index contributed by atoms with van der Waals surface area (Å²) in [4.78, 5) is 0. The largest absolute Gasteiger partial charge is 0.377 e. The molecular formula is C13H27NO. The number of rotatable bonds is 4. The summed E-state index contributed by atoms with van der Waals surface area (Å²) in [5.74, 6) is 0.678. The molecule has 0 amide bonds. The summed E-state index contributed by atoms with van der Waals surface area (Å²) < 4.78 is 5.58. The van der Waals surface area contributed by atoms with Crippen molar-refractivity contribution in [2.45, 2.75) is 65.5 Å². The molecule has 2 nitrogen and oxygen atoms in total. The fourth-order valence-corrected chi connectivity index (χ4v) is 2.29. The van der Waals surface area contributed by atoms with Crippen LogP contribution in [-0.4, -0.2) is 18.8 Å². The van der Waals surface area contributed by atoms with Crippen molar-refractivity contribution in [3.63, 3.8) is 0 Å². The van der Waals surface area contributed by atoms with Crippen LogP contribution in [0.15, 0.2) is 0 Å². The maximum absolute atomic E-state index is 6.16. The van der Waals surface area contributed by atoms with Gasteiger partial charge in [0.05, 0.1) is 12.7 Å². The van der Waals surface area contributed by atoms with E-state index in [2.05, 4.69) is 27.7 Å². The molecule has 90 valence electrons. The molecule has 1 rings (SSSR count). The van der Waals surface area contributed by atoms with Gasteiger partial charge in [-0.05, 0) is 50.9 Å². The first-order valence-corrected chi connectivity index (χ1v) is 6.28. The van der Waals surface area contributed by atoms with Crippen LogP contribution >= 0.6 is 0 Å². The minimum atomic E-state index is 0.239. The number of hydrogen-bond acceptors (Lipinski definition) is 2. The van der Waals surface area contributed by atoms with E-state index >= 15 is 0 Å². The van der Waals surface area contributed by atoms with E-state index in [1.807, 2.05) is 0 Å². The molecule has 1 aliphatic carbocycles. The Bertz CT molecular complexity index is 179. The Morgan fingerprint density at radius 2 is 1.80 bits per heavy atom. The summed E-state index contributed by atoms with van der Waals surface area (Å²) >= 11 is 0. The van der Waals surface area contributed by atoms with Crippen LogP contribution in [0.3, 0.4) is 0 Å². The second-order valence-electron chi connectivity index (χ2n) is 6.05. The lowest BCUT2D eigenvalue weighted by Crippen LogP contribution is -2.38. The summed E-state index contributed by atoms with van der Waals surface area (Å²) in [6.07, 6.45) is 5.47. The molecule has 1 atom stereocenters. The Morgan fingerprint density at radius 3 is 2.27 bits per heavy atom. The van der Waals surface area contributed by atoms with E-state index in [4.69, 9.17) is 10.5 Å². The molecule has 0 aliphatic heterocycles. The smallest absolute Gasteiger partial charge is 0.0623 e. The predicted octanol–water partition coefficient (Wildman–Crippen LogP) is 2.96. The van der Waals surface area contributed by atoms with Crippen LogP contribution in [0.5, 0.6) is 0 Å². The normalized spacial score (nSPS) is 24.4. The van der Waals surface area contributed by atoms with E-state index < -0.39 is 0 Å². The van der Waals surface area contributed by atoms with Gasteiger partial charge in [-0.1, -0.05) is 13.8 Å². The average Bonchev–Trinajstić information content (AvgIpc) is 2.14. The van der Waals surface area contributed by atoms with E-state index in [-0.39, 0.29) is 6.04 Å². The Labute approximate surface area is 94.6 Å². The molecule has 1 fully saturated rings. The zero-order valence-electron chi connectivity index (χ0n) is 10.8. The maximum atomic E-state index is 6.16. The van der Waals surface area contributed by atoms with Gasteiger partial charge in [0.1, 0.15) is 0 Å². The highest BCUT2D eigenvalue weighted by Crippen LogP contribution is 2.38. The van der Waals surface area contributed by atoms with Gasteiger partial charge in [-0.2, -0.15) is 0 Å². The first-order valence-electron chi connectivity index (χ1n) is 6.28. The fraction of sp³-hybridized carbons (Fsp3) is 1.00. The maximum Gasteiger partial charge on any atom is 0.0623 e. The quantitative estimate of drug-likeness (QED) is 0.779. The van der Waals surface area contributed by atoms with Crippen LogP contribution in [0, 0.1) is 11.3 Å². The minimum absolute atomic E-state index is 0.239. The van der Waals surface area contributed by atoms with E-state index in [1.54, 1.807) is 0 Å². The Kier molecular flexibility index (Phi) is 4.60.